The molecule has 6 nitrogen and oxygen atoms in total. The maximum Gasteiger partial charge on any atom is 0.343 e. The molecule has 2 aromatic heterocycles. The molecule has 0 aliphatic rings. The number of ether oxygens (including phenoxy) is 2. The molecule has 2 heterocycles. The molecule has 1 aromatic carbocycles. The van der Waals surface area contributed by atoms with Crippen LogP contribution < -0.4 is 4.74 Å². The molecule has 23 heavy (non-hydrogen) atoms. The predicted molar refractivity (Wildman–Crippen MR) is 85.9 cm³/mol. The van der Waals surface area contributed by atoms with Gasteiger partial charge in [0.2, 0.25) is 0 Å². The Kier molecular flexibility index (Phi) is 4.16. The highest BCUT2D eigenvalue weighted by molar-refractivity contribution is 6.33. The second kappa shape index (κ2) is 6.26. The normalized spacial score (nSPS) is 10.7. The average Bonchev–Trinajstić information content (AvgIpc) is 3.01. The second-order valence-electron chi connectivity index (χ2n) is 4.68. The first kappa shape index (κ1) is 15.3. The zero-order valence-electron chi connectivity index (χ0n) is 12.6. The van der Waals surface area contributed by atoms with Crippen molar-refractivity contribution in [1.82, 2.24) is 14.6 Å². The van der Waals surface area contributed by atoms with Crippen LogP contribution in [0.3, 0.4) is 0 Å². The van der Waals surface area contributed by atoms with E-state index in [4.69, 9.17) is 21.1 Å². The zero-order chi connectivity index (χ0) is 16.4. The number of methoxy groups -OCH3 is 1. The summed E-state index contributed by atoms with van der Waals surface area (Å²) in [5, 5.41) is 4.32. The van der Waals surface area contributed by atoms with Gasteiger partial charge in [-0.3, -0.25) is 0 Å². The third-order valence-corrected chi connectivity index (χ3v) is 3.59. The topological polar surface area (TPSA) is 65.7 Å². The molecule has 0 unspecified atom stereocenters. The summed E-state index contributed by atoms with van der Waals surface area (Å²) in [5.41, 5.74) is 1.96. The largest absolute Gasteiger partial charge is 0.497 e. The van der Waals surface area contributed by atoms with Crippen LogP contribution in [-0.4, -0.2) is 34.3 Å². The van der Waals surface area contributed by atoms with Crippen LogP contribution in [-0.2, 0) is 4.74 Å². The van der Waals surface area contributed by atoms with E-state index in [9.17, 15) is 4.79 Å². The smallest absolute Gasteiger partial charge is 0.343 e. The predicted octanol–water partition coefficient (Wildman–Crippen LogP) is 3.24. The van der Waals surface area contributed by atoms with Crippen LogP contribution >= 0.6 is 11.6 Å². The molecular weight excluding hydrogens is 318 g/mol. The van der Waals surface area contributed by atoms with Gasteiger partial charge in [0.15, 0.2) is 5.65 Å². The maximum absolute atomic E-state index is 12.4. The van der Waals surface area contributed by atoms with Crippen LogP contribution in [0.15, 0.2) is 36.5 Å². The number of halogens is 1. The molecule has 0 saturated heterocycles. The Morgan fingerprint density at radius 1 is 1.35 bits per heavy atom. The molecule has 0 aliphatic heterocycles. The standard InChI is InChI=1S/C16H14ClN3O3/c1-3-23-16(21)13-14(10-5-4-6-11(9-10)22-2)20-12(7-8-18-20)19-15(13)17/h4-9H,3H2,1-2H3. The van der Waals surface area contributed by atoms with Gasteiger partial charge in [-0.25, -0.2) is 14.3 Å². The molecule has 0 radical (unpaired) electrons. The van der Waals surface area contributed by atoms with Gasteiger partial charge < -0.3 is 9.47 Å². The minimum Gasteiger partial charge on any atom is -0.497 e. The fraction of sp³-hybridized carbons (Fsp3) is 0.188. The van der Waals surface area contributed by atoms with Gasteiger partial charge in [-0.15, -0.1) is 0 Å². The van der Waals surface area contributed by atoms with Crippen LogP contribution in [0.2, 0.25) is 5.15 Å². The molecule has 0 aliphatic carbocycles. The summed E-state index contributed by atoms with van der Waals surface area (Å²) in [4.78, 5) is 16.6. The number of aromatic nitrogens is 3. The summed E-state index contributed by atoms with van der Waals surface area (Å²) >= 11 is 6.24. The molecule has 118 valence electrons. The number of carbonyl (C=O) groups is 1. The van der Waals surface area contributed by atoms with Crippen molar-refractivity contribution in [1.29, 1.82) is 0 Å². The summed E-state index contributed by atoms with van der Waals surface area (Å²) in [6, 6.07) is 9.00. The van der Waals surface area contributed by atoms with Crippen LogP contribution in [0.5, 0.6) is 5.75 Å². The SMILES string of the molecule is CCOC(=O)c1c(Cl)nc2ccnn2c1-c1cccc(OC)c1. The number of hydrogen-bond donors (Lipinski definition) is 0. The monoisotopic (exact) mass is 331 g/mol. The first-order valence-corrected chi connectivity index (χ1v) is 7.38. The van der Waals surface area contributed by atoms with E-state index >= 15 is 0 Å². The Labute approximate surface area is 137 Å². The molecule has 0 fully saturated rings. The summed E-state index contributed by atoms with van der Waals surface area (Å²) in [6.07, 6.45) is 1.59. The maximum atomic E-state index is 12.4. The summed E-state index contributed by atoms with van der Waals surface area (Å²) in [6.45, 7) is 1.97. The van der Waals surface area contributed by atoms with Crippen molar-refractivity contribution < 1.29 is 14.3 Å². The lowest BCUT2D eigenvalue weighted by Crippen LogP contribution is -2.12. The Balaban J connectivity index is 2.33. The Bertz CT molecular complexity index is 876. The Morgan fingerprint density at radius 3 is 2.91 bits per heavy atom. The van der Waals surface area contributed by atoms with Gasteiger partial charge in [-0.2, -0.15) is 5.10 Å². The van der Waals surface area contributed by atoms with Gasteiger partial charge in [0.25, 0.3) is 0 Å². The molecule has 0 N–H and O–H groups in total. The van der Waals surface area contributed by atoms with E-state index in [1.54, 1.807) is 36.9 Å². The first-order chi connectivity index (χ1) is 11.2. The first-order valence-electron chi connectivity index (χ1n) is 7.00. The fourth-order valence-electron chi connectivity index (χ4n) is 2.33. The van der Waals surface area contributed by atoms with Gasteiger partial charge >= 0.3 is 5.97 Å². The quantitative estimate of drug-likeness (QED) is 0.542. The number of carbonyl (C=O) groups excluding carboxylic acids is 1. The Morgan fingerprint density at radius 2 is 2.17 bits per heavy atom. The molecule has 0 saturated carbocycles. The van der Waals surface area contributed by atoms with Crippen molar-refractivity contribution in [2.24, 2.45) is 0 Å². The van der Waals surface area contributed by atoms with Gasteiger partial charge in [-0.05, 0) is 19.1 Å². The number of rotatable bonds is 4. The van der Waals surface area contributed by atoms with Crippen molar-refractivity contribution in [3.05, 3.63) is 47.2 Å². The highest BCUT2D eigenvalue weighted by Gasteiger charge is 2.23. The van der Waals surface area contributed by atoms with Crippen LogP contribution in [0.4, 0.5) is 0 Å². The minimum absolute atomic E-state index is 0.0780. The summed E-state index contributed by atoms with van der Waals surface area (Å²) in [7, 11) is 1.58. The van der Waals surface area contributed by atoms with Crippen molar-refractivity contribution in [3.8, 4) is 17.0 Å². The number of hydrogen-bond acceptors (Lipinski definition) is 5. The number of nitrogens with zero attached hydrogens (tertiary/aromatic N) is 3. The molecule has 7 heteroatoms. The fourth-order valence-corrected chi connectivity index (χ4v) is 2.59. The van der Waals surface area contributed by atoms with E-state index in [0.29, 0.717) is 17.1 Å². The average molecular weight is 332 g/mol. The highest BCUT2D eigenvalue weighted by atomic mass is 35.5. The lowest BCUT2D eigenvalue weighted by molar-refractivity contribution is 0.0526. The highest BCUT2D eigenvalue weighted by Crippen LogP contribution is 2.31. The number of esters is 1. The van der Waals surface area contributed by atoms with Gasteiger partial charge in [0, 0.05) is 11.6 Å². The van der Waals surface area contributed by atoms with Crippen LogP contribution in [0.25, 0.3) is 16.9 Å². The minimum atomic E-state index is -0.541. The van der Waals surface area contributed by atoms with Gasteiger partial charge in [-0.1, -0.05) is 23.7 Å². The van der Waals surface area contributed by atoms with E-state index in [-0.39, 0.29) is 17.3 Å². The van der Waals surface area contributed by atoms with Crippen molar-refractivity contribution in [3.63, 3.8) is 0 Å². The van der Waals surface area contributed by atoms with Crippen molar-refractivity contribution in [2.45, 2.75) is 6.92 Å². The molecule has 3 aromatic rings. The molecule has 0 spiro atoms. The van der Waals surface area contributed by atoms with Gasteiger partial charge in [0.1, 0.15) is 16.5 Å². The third kappa shape index (κ3) is 2.73. The van der Waals surface area contributed by atoms with E-state index in [1.807, 2.05) is 18.2 Å². The molecule has 3 rings (SSSR count). The zero-order valence-corrected chi connectivity index (χ0v) is 13.4. The van der Waals surface area contributed by atoms with Gasteiger partial charge in [0.05, 0.1) is 25.6 Å². The van der Waals surface area contributed by atoms with E-state index in [0.717, 1.165) is 5.56 Å². The summed E-state index contributed by atoms with van der Waals surface area (Å²) < 4.78 is 11.9. The number of benzene rings is 1. The van der Waals surface area contributed by atoms with Crippen molar-refractivity contribution in [2.75, 3.05) is 13.7 Å². The van der Waals surface area contributed by atoms with E-state index < -0.39 is 5.97 Å². The van der Waals surface area contributed by atoms with Crippen LogP contribution in [0.1, 0.15) is 17.3 Å². The second-order valence-corrected chi connectivity index (χ2v) is 5.04. The molecular formula is C16H14ClN3O3. The Hall–Kier alpha value is -2.60. The van der Waals surface area contributed by atoms with E-state index in [1.165, 1.54) is 0 Å². The molecule has 0 atom stereocenters. The van der Waals surface area contributed by atoms with E-state index in [2.05, 4.69) is 10.1 Å². The lowest BCUT2D eigenvalue weighted by Gasteiger charge is -2.13. The molecule has 0 bridgehead atoms. The molecule has 0 amide bonds. The summed E-state index contributed by atoms with van der Waals surface area (Å²) in [5.74, 6) is 0.116. The van der Waals surface area contributed by atoms with Crippen LogP contribution in [0, 0.1) is 0 Å². The third-order valence-electron chi connectivity index (χ3n) is 3.31. The van der Waals surface area contributed by atoms with Crippen molar-refractivity contribution >= 4 is 23.2 Å². The number of fused-ring (bicyclic) bond motifs is 1. The lowest BCUT2D eigenvalue weighted by atomic mass is 10.1.